The second-order valence-corrected chi connectivity index (χ2v) is 8.83. The van der Waals surface area contributed by atoms with Crippen LogP contribution in [0.5, 0.6) is 0 Å². The molecule has 4 nitrogen and oxygen atoms in total. The molecular weight excluding hydrogens is 430 g/mol. The van der Waals surface area contributed by atoms with Gasteiger partial charge in [-0.15, -0.1) is 0 Å². The number of carbonyl (C=O) groups is 1. The predicted molar refractivity (Wildman–Crippen MR) is 136 cm³/mol. The first-order valence-electron chi connectivity index (χ1n) is 11.0. The fraction of sp³-hybridized carbons (Fsp3) is 0.143. The normalized spacial score (nSPS) is 11.2. The molecule has 3 aromatic carbocycles. The standard InChI is InChI=1S/C28H24ClN3O/c1-17-6-5-7-18(2)26(17)32-28(33)25-16-22-21-8-3-4-9-23(21)31-27(22)24(30-25)15-12-19-10-13-20(29)14-11-19/h3-11,13-14,16,31H,12,15H2,1-2H3,(H,32,33). The summed E-state index contributed by atoms with van der Waals surface area (Å²) in [5.74, 6) is -0.202. The van der Waals surface area contributed by atoms with Gasteiger partial charge >= 0.3 is 0 Å². The summed E-state index contributed by atoms with van der Waals surface area (Å²) in [6.07, 6.45) is 1.51. The number of benzene rings is 3. The molecule has 5 aromatic rings. The second kappa shape index (κ2) is 8.72. The zero-order valence-electron chi connectivity index (χ0n) is 18.6. The summed E-state index contributed by atoms with van der Waals surface area (Å²) in [5, 5.41) is 5.90. The van der Waals surface area contributed by atoms with Crippen molar-refractivity contribution in [2.75, 3.05) is 5.32 Å². The van der Waals surface area contributed by atoms with Gasteiger partial charge in [-0.25, -0.2) is 4.98 Å². The number of nitrogens with zero attached hydrogens (tertiary/aromatic N) is 1. The summed E-state index contributed by atoms with van der Waals surface area (Å²) < 4.78 is 0. The van der Waals surface area contributed by atoms with Crippen LogP contribution in [0.2, 0.25) is 5.02 Å². The van der Waals surface area contributed by atoms with Crippen LogP contribution in [-0.4, -0.2) is 15.9 Å². The Morgan fingerprint density at radius 1 is 0.909 bits per heavy atom. The quantitative estimate of drug-likeness (QED) is 0.300. The van der Waals surface area contributed by atoms with E-state index in [1.54, 1.807) is 0 Å². The third-order valence-corrected chi connectivity index (χ3v) is 6.34. The zero-order chi connectivity index (χ0) is 22.9. The summed E-state index contributed by atoms with van der Waals surface area (Å²) in [6.45, 7) is 3.99. The second-order valence-electron chi connectivity index (χ2n) is 8.39. The van der Waals surface area contributed by atoms with Crippen molar-refractivity contribution in [3.05, 3.63) is 106 Å². The molecule has 164 valence electrons. The Kier molecular flexibility index (Phi) is 5.61. The molecule has 1 amide bonds. The van der Waals surface area contributed by atoms with E-state index in [1.165, 1.54) is 5.56 Å². The van der Waals surface area contributed by atoms with Crippen molar-refractivity contribution in [3.8, 4) is 0 Å². The molecule has 0 atom stereocenters. The Bertz CT molecular complexity index is 1460. The lowest BCUT2D eigenvalue weighted by Crippen LogP contribution is -2.16. The molecule has 33 heavy (non-hydrogen) atoms. The monoisotopic (exact) mass is 453 g/mol. The van der Waals surface area contributed by atoms with Gasteiger partial charge in [0.15, 0.2) is 0 Å². The Morgan fingerprint density at radius 3 is 2.39 bits per heavy atom. The summed E-state index contributed by atoms with van der Waals surface area (Å²) >= 11 is 6.03. The number of pyridine rings is 1. The van der Waals surface area contributed by atoms with Gasteiger partial charge in [-0.1, -0.05) is 60.1 Å². The molecule has 0 spiro atoms. The number of aryl methyl sites for hydroxylation is 4. The largest absolute Gasteiger partial charge is 0.353 e. The van der Waals surface area contributed by atoms with Gasteiger partial charge in [0.1, 0.15) is 5.69 Å². The number of carbonyl (C=O) groups excluding carboxylic acids is 1. The Labute approximate surface area is 197 Å². The summed E-state index contributed by atoms with van der Waals surface area (Å²) in [4.78, 5) is 21.6. The summed E-state index contributed by atoms with van der Waals surface area (Å²) in [7, 11) is 0. The van der Waals surface area contributed by atoms with Gasteiger partial charge in [0.2, 0.25) is 0 Å². The third kappa shape index (κ3) is 4.22. The predicted octanol–water partition coefficient (Wildman–Crippen LogP) is 7.02. The minimum Gasteiger partial charge on any atom is -0.353 e. The molecule has 2 heterocycles. The molecule has 0 aliphatic rings. The Hall–Kier alpha value is -3.63. The van der Waals surface area contributed by atoms with Crippen LogP contribution in [0, 0.1) is 13.8 Å². The molecule has 2 aromatic heterocycles. The van der Waals surface area contributed by atoms with E-state index in [4.69, 9.17) is 16.6 Å². The first-order chi connectivity index (χ1) is 16.0. The topological polar surface area (TPSA) is 57.8 Å². The van der Waals surface area contributed by atoms with Crippen molar-refractivity contribution in [2.45, 2.75) is 26.7 Å². The molecule has 0 radical (unpaired) electrons. The molecule has 0 aliphatic carbocycles. The number of fused-ring (bicyclic) bond motifs is 3. The number of amides is 1. The van der Waals surface area contributed by atoms with Crippen LogP contribution in [0.4, 0.5) is 5.69 Å². The van der Waals surface area contributed by atoms with Crippen molar-refractivity contribution in [2.24, 2.45) is 0 Å². The lowest BCUT2D eigenvalue weighted by atomic mass is 10.0. The van der Waals surface area contributed by atoms with E-state index in [1.807, 2.05) is 74.5 Å². The van der Waals surface area contributed by atoms with Gasteiger partial charge in [0, 0.05) is 27.0 Å². The van der Waals surface area contributed by atoms with Crippen molar-refractivity contribution in [3.63, 3.8) is 0 Å². The maximum atomic E-state index is 13.3. The lowest BCUT2D eigenvalue weighted by Gasteiger charge is -2.12. The number of H-pyrrole nitrogens is 1. The molecule has 5 heteroatoms. The van der Waals surface area contributed by atoms with Gasteiger partial charge in [0.25, 0.3) is 5.91 Å². The first-order valence-corrected chi connectivity index (χ1v) is 11.4. The van der Waals surface area contributed by atoms with Crippen molar-refractivity contribution in [1.82, 2.24) is 9.97 Å². The van der Waals surface area contributed by atoms with Crippen LogP contribution < -0.4 is 5.32 Å². The third-order valence-electron chi connectivity index (χ3n) is 6.09. The van der Waals surface area contributed by atoms with Crippen LogP contribution >= 0.6 is 11.6 Å². The number of aromatic nitrogens is 2. The highest BCUT2D eigenvalue weighted by Gasteiger charge is 2.17. The van der Waals surface area contributed by atoms with E-state index in [0.29, 0.717) is 12.1 Å². The number of halogens is 1. The van der Waals surface area contributed by atoms with Gasteiger partial charge < -0.3 is 10.3 Å². The highest BCUT2D eigenvalue weighted by Crippen LogP contribution is 2.29. The first kappa shape index (κ1) is 21.2. The fourth-order valence-corrected chi connectivity index (χ4v) is 4.44. The molecule has 0 saturated heterocycles. The molecule has 0 unspecified atom stereocenters. The number of hydrogen-bond donors (Lipinski definition) is 2. The van der Waals surface area contributed by atoms with Gasteiger partial charge in [-0.05, 0) is 67.6 Å². The highest BCUT2D eigenvalue weighted by atomic mass is 35.5. The summed E-state index contributed by atoms with van der Waals surface area (Å²) in [6, 6.07) is 23.9. The van der Waals surface area contributed by atoms with Gasteiger partial charge in [0.05, 0.1) is 11.2 Å². The minimum atomic E-state index is -0.202. The van der Waals surface area contributed by atoms with Crippen LogP contribution in [0.15, 0.2) is 72.8 Å². The molecule has 0 saturated carbocycles. The van der Waals surface area contributed by atoms with Gasteiger partial charge in [-0.2, -0.15) is 0 Å². The number of hydrogen-bond acceptors (Lipinski definition) is 2. The van der Waals surface area contributed by atoms with E-state index in [-0.39, 0.29) is 5.91 Å². The van der Waals surface area contributed by atoms with E-state index < -0.39 is 0 Å². The van der Waals surface area contributed by atoms with Crippen LogP contribution in [0.25, 0.3) is 21.8 Å². The van der Waals surface area contributed by atoms with E-state index >= 15 is 0 Å². The van der Waals surface area contributed by atoms with Gasteiger partial charge in [-0.3, -0.25) is 4.79 Å². The molecule has 0 fully saturated rings. The fourth-order valence-electron chi connectivity index (χ4n) is 4.31. The average molecular weight is 454 g/mol. The SMILES string of the molecule is Cc1cccc(C)c1NC(=O)c1cc2c([nH]c3ccccc32)c(CCc2ccc(Cl)cc2)n1. The summed E-state index contributed by atoms with van der Waals surface area (Å²) in [5.41, 5.74) is 7.38. The molecule has 2 N–H and O–H groups in total. The Balaban J connectivity index is 1.56. The zero-order valence-corrected chi connectivity index (χ0v) is 19.3. The molecule has 5 rings (SSSR count). The van der Waals surface area contributed by atoms with E-state index in [2.05, 4.69) is 22.4 Å². The van der Waals surface area contributed by atoms with Crippen molar-refractivity contribution >= 4 is 45.0 Å². The van der Waals surface area contributed by atoms with Crippen LogP contribution in [0.3, 0.4) is 0 Å². The lowest BCUT2D eigenvalue weighted by molar-refractivity contribution is 0.102. The molecular formula is C28H24ClN3O. The molecule has 0 aliphatic heterocycles. The van der Waals surface area contributed by atoms with E-state index in [9.17, 15) is 4.79 Å². The highest BCUT2D eigenvalue weighted by molar-refractivity contribution is 6.30. The number of para-hydroxylation sites is 2. The van der Waals surface area contributed by atoms with Crippen LogP contribution in [0.1, 0.15) is 32.9 Å². The van der Waals surface area contributed by atoms with E-state index in [0.717, 1.165) is 55.8 Å². The maximum absolute atomic E-state index is 13.3. The minimum absolute atomic E-state index is 0.202. The molecule has 0 bridgehead atoms. The van der Waals surface area contributed by atoms with Crippen LogP contribution in [-0.2, 0) is 12.8 Å². The number of anilines is 1. The number of aromatic amines is 1. The average Bonchev–Trinajstić information content (AvgIpc) is 3.20. The van der Waals surface area contributed by atoms with Crippen molar-refractivity contribution < 1.29 is 4.79 Å². The number of nitrogens with one attached hydrogen (secondary N) is 2. The smallest absolute Gasteiger partial charge is 0.274 e. The Morgan fingerprint density at radius 2 is 1.64 bits per heavy atom. The van der Waals surface area contributed by atoms with Crippen molar-refractivity contribution in [1.29, 1.82) is 0 Å². The number of rotatable bonds is 5. The maximum Gasteiger partial charge on any atom is 0.274 e.